The van der Waals surface area contributed by atoms with E-state index >= 15 is 0 Å². The second-order valence-corrected chi connectivity index (χ2v) is 17.2. The molecule has 0 amide bonds. The topological polar surface area (TPSA) is 111 Å². The molecule has 0 aliphatic carbocycles. The van der Waals surface area contributed by atoms with Gasteiger partial charge in [-0.25, -0.2) is 0 Å². The van der Waals surface area contributed by atoms with Gasteiger partial charge in [0.15, 0.2) is 28.8 Å². The van der Waals surface area contributed by atoms with E-state index in [0.717, 1.165) is 50.4 Å². The van der Waals surface area contributed by atoms with Crippen molar-refractivity contribution < 1.29 is 47.8 Å². The molecule has 2 heterocycles. The summed E-state index contributed by atoms with van der Waals surface area (Å²) < 4.78 is 46.3. The Morgan fingerprint density at radius 2 is 0.985 bits per heavy atom. The van der Waals surface area contributed by atoms with Crippen molar-refractivity contribution >= 4 is 17.9 Å². The first kappa shape index (κ1) is 46.8. The van der Waals surface area contributed by atoms with Crippen LogP contribution in [0.15, 0.2) is 133 Å². The number of carbonyl (C=O) groups is 1. The van der Waals surface area contributed by atoms with Crippen LogP contribution in [-0.4, -0.2) is 50.5 Å². The minimum absolute atomic E-state index is 0.00177. The quantitative estimate of drug-likeness (QED) is 0.0943. The Hall–Kier alpha value is -7.17. The molecule has 342 valence electrons. The Bertz CT molecular complexity index is 2630. The van der Waals surface area contributed by atoms with E-state index in [1.165, 1.54) is 0 Å². The fraction of sp³-hybridized carbons (Fsp3) is 0.268. The maximum absolute atomic E-state index is 13.0. The van der Waals surface area contributed by atoms with Crippen molar-refractivity contribution in [2.45, 2.75) is 71.1 Å². The molecule has 0 saturated heterocycles. The third-order valence-electron chi connectivity index (χ3n) is 11.1. The second kappa shape index (κ2) is 20.8. The van der Waals surface area contributed by atoms with E-state index in [1.807, 2.05) is 173 Å². The summed E-state index contributed by atoms with van der Waals surface area (Å²) in [6, 6.07) is 38.5. The molecular weight excluding hydrogens is 833 g/mol. The number of aliphatic hydroxyl groups is 1. The zero-order chi connectivity index (χ0) is 46.8. The van der Waals surface area contributed by atoms with Gasteiger partial charge in [0, 0.05) is 29.5 Å². The summed E-state index contributed by atoms with van der Waals surface area (Å²) in [5.74, 6) is 4.84. The minimum Gasteiger partial charge on any atom is -0.493 e. The van der Waals surface area contributed by atoms with Gasteiger partial charge in [0.05, 0.1) is 34.5 Å². The molecule has 0 aromatic heterocycles. The zero-order valence-electron chi connectivity index (χ0n) is 38.9. The SMILES string of the molecule is COc1cc(CC(=O)c2ccc3c(c2)C=CC(C)(C)O3)cc(OC)c1OCc1ccccc1.COc1cc(CC(O)c2ccc3c(c2)C=CC(C)(C)O3)cc(OC)c1OCc1ccccc1. The lowest BCUT2D eigenvalue weighted by Crippen LogP contribution is -2.27. The summed E-state index contributed by atoms with van der Waals surface area (Å²) in [6.45, 7) is 8.82. The maximum atomic E-state index is 13.0. The van der Waals surface area contributed by atoms with E-state index in [4.69, 9.17) is 37.9 Å². The van der Waals surface area contributed by atoms with Gasteiger partial charge in [-0.1, -0.05) is 78.9 Å². The first-order valence-corrected chi connectivity index (χ1v) is 21.9. The van der Waals surface area contributed by atoms with Crippen LogP contribution in [0, 0.1) is 0 Å². The van der Waals surface area contributed by atoms with Crippen molar-refractivity contribution in [3.63, 3.8) is 0 Å². The van der Waals surface area contributed by atoms with Gasteiger partial charge in [-0.2, -0.15) is 0 Å². The highest BCUT2D eigenvalue weighted by molar-refractivity contribution is 5.98. The summed E-state index contributed by atoms with van der Waals surface area (Å²) in [6.07, 6.45) is 7.98. The minimum atomic E-state index is -0.691. The average molecular weight is 891 g/mol. The molecule has 6 aromatic rings. The summed E-state index contributed by atoms with van der Waals surface area (Å²) in [4.78, 5) is 13.0. The molecule has 0 spiro atoms. The molecule has 10 nitrogen and oxygen atoms in total. The van der Waals surface area contributed by atoms with Gasteiger partial charge in [0.25, 0.3) is 0 Å². The highest BCUT2D eigenvalue weighted by Crippen LogP contribution is 2.42. The molecule has 0 bridgehead atoms. The Labute approximate surface area is 387 Å². The second-order valence-electron chi connectivity index (χ2n) is 17.2. The van der Waals surface area contributed by atoms with Gasteiger partial charge in [-0.15, -0.1) is 0 Å². The van der Waals surface area contributed by atoms with Gasteiger partial charge < -0.3 is 43.0 Å². The molecule has 0 saturated carbocycles. The highest BCUT2D eigenvalue weighted by Gasteiger charge is 2.25. The zero-order valence-corrected chi connectivity index (χ0v) is 38.9. The van der Waals surface area contributed by atoms with Gasteiger partial charge >= 0.3 is 0 Å². The van der Waals surface area contributed by atoms with Crippen LogP contribution in [0.25, 0.3) is 12.2 Å². The van der Waals surface area contributed by atoms with Crippen LogP contribution in [0.3, 0.4) is 0 Å². The van der Waals surface area contributed by atoms with Crippen LogP contribution < -0.4 is 37.9 Å². The number of rotatable bonds is 16. The molecule has 10 heteroatoms. The number of Topliss-reactive ketones (excluding diaryl/α,β-unsaturated/α-hetero) is 1. The maximum Gasteiger partial charge on any atom is 0.203 e. The van der Waals surface area contributed by atoms with E-state index in [2.05, 4.69) is 0 Å². The van der Waals surface area contributed by atoms with E-state index in [1.54, 1.807) is 28.4 Å². The normalized spacial score (nSPS) is 14.1. The highest BCUT2D eigenvalue weighted by atomic mass is 16.5. The molecule has 0 radical (unpaired) electrons. The van der Waals surface area contributed by atoms with Crippen LogP contribution in [0.4, 0.5) is 0 Å². The van der Waals surface area contributed by atoms with Crippen molar-refractivity contribution in [1.29, 1.82) is 0 Å². The van der Waals surface area contributed by atoms with Crippen LogP contribution >= 0.6 is 0 Å². The first-order valence-electron chi connectivity index (χ1n) is 21.9. The molecule has 1 N–H and O–H groups in total. The van der Waals surface area contributed by atoms with Crippen LogP contribution in [0.1, 0.15) is 83.1 Å². The number of hydrogen-bond acceptors (Lipinski definition) is 10. The predicted molar refractivity (Wildman–Crippen MR) is 258 cm³/mol. The Kier molecular flexibility index (Phi) is 14.7. The van der Waals surface area contributed by atoms with E-state index in [-0.39, 0.29) is 23.4 Å². The molecule has 2 aliphatic rings. The molecule has 0 fully saturated rings. The smallest absolute Gasteiger partial charge is 0.203 e. The average Bonchev–Trinajstić information content (AvgIpc) is 3.32. The number of benzene rings is 6. The number of aliphatic hydroxyl groups excluding tert-OH is 1. The lowest BCUT2D eigenvalue weighted by Gasteiger charge is -2.28. The van der Waals surface area contributed by atoms with Crippen molar-refractivity contribution in [3.8, 4) is 46.0 Å². The number of ketones is 1. The number of fused-ring (bicyclic) bond motifs is 2. The van der Waals surface area contributed by atoms with Gasteiger partial charge in [-0.05, 0) is 122 Å². The molecule has 1 unspecified atom stereocenters. The van der Waals surface area contributed by atoms with Gasteiger partial charge in [0.1, 0.15) is 35.9 Å². The molecule has 8 rings (SSSR count). The van der Waals surface area contributed by atoms with E-state index in [9.17, 15) is 9.90 Å². The molecule has 66 heavy (non-hydrogen) atoms. The Morgan fingerprint density at radius 1 is 0.545 bits per heavy atom. The molecular formula is C56H58O10. The summed E-state index contributed by atoms with van der Waals surface area (Å²) in [5.41, 5.74) is 6.39. The van der Waals surface area contributed by atoms with Gasteiger partial charge in [-0.3, -0.25) is 4.79 Å². The first-order chi connectivity index (χ1) is 31.8. The van der Waals surface area contributed by atoms with Crippen molar-refractivity contribution in [2.24, 2.45) is 0 Å². The molecule has 6 aromatic carbocycles. The lowest BCUT2D eigenvalue weighted by molar-refractivity contribution is 0.0992. The Morgan fingerprint density at radius 3 is 1.45 bits per heavy atom. The fourth-order valence-electron chi connectivity index (χ4n) is 7.62. The summed E-state index contributed by atoms with van der Waals surface area (Å²) in [7, 11) is 6.35. The fourth-order valence-corrected chi connectivity index (χ4v) is 7.62. The van der Waals surface area contributed by atoms with Crippen molar-refractivity contribution in [3.05, 3.63) is 178 Å². The number of carbonyl (C=O) groups excluding carboxylic acids is 1. The monoisotopic (exact) mass is 890 g/mol. The molecule has 2 aliphatic heterocycles. The van der Waals surface area contributed by atoms with Crippen LogP contribution in [-0.2, 0) is 26.1 Å². The van der Waals surface area contributed by atoms with E-state index in [0.29, 0.717) is 59.7 Å². The molecule has 1 atom stereocenters. The van der Waals surface area contributed by atoms with Crippen molar-refractivity contribution in [2.75, 3.05) is 28.4 Å². The van der Waals surface area contributed by atoms with Gasteiger partial charge in [0.2, 0.25) is 11.5 Å². The third-order valence-corrected chi connectivity index (χ3v) is 11.1. The lowest BCUT2D eigenvalue weighted by atomic mass is 9.96. The largest absolute Gasteiger partial charge is 0.493 e. The summed E-state index contributed by atoms with van der Waals surface area (Å²) >= 11 is 0. The predicted octanol–water partition coefficient (Wildman–Crippen LogP) is 11.6. The number of hydrogen-bond donors (Lipinski definition) is 1. The van der Waals surface area contributed by atoms with Crippen LogP contribution in [0.2, 0.25) is 0 Å². The number of methoxy groups -OCH3 is 4. The summed E-state index contributed by atoms with van der Waals surface area (Å²) in [5, 5.41) is 10.9. The van der Waals surface area contributed by atoms with E-state index < -0.39 is 6.10 Å². The Balaban J connectivity index is 0.000000196. The number of ether oxygens (including phenoxy) is 8. The van der Waals surface area contributed by atoms with Crippen LogP contribution in [0.5, 0.6) is 46.0 Å². The van der Waals surface area contributed by atoms with Crippen molar-refractivity contribution in [1.82, 2.24) is 0 Å². The third kappa shape index (κ3) is 11.7. The standard InChI is InChI=1S/C28H30O5.C28H28O5/c2*1-28(2)13-12-22-17-21(10-11-24(22)33-28)23(29)14-20-15-25(30-3)27(26(16-20)31-4)32-18-19-8-6-5-7-9-19/h5-13,15-17,23,29H,14,18H2,1-4H3;5-13,15-17H,14,18H2,1-4H3.